The number of Topliss-reactive ketones (excluding diaryl/α,β-unsaturated/α-hetero) is 1. The number of nitrogens with zero attached hydrogens (tertiary/aromatic N) is 5. The van der Waals surface area contributed by atoms with E-state index in [4.69, 9.17) is 62.1 Å². The molecule has 0 saturated carbocycles. The lowest BCUT2D eigenvalue weighted by atomic mass is 9.70. The number of rotatable bonds is 15. The fraction of sp³-hybridized carbons (Fsp3) is 0.722. The third-order valence-electron chi connectivity index (χ3n) is 16.8. The van der Waals surface area contributed by atoms with Crippen LogP contribution in [0.3, 0.4) is 0 Å². The zero-order chi connectivity index (χ0) is 56.5. The van der Waals surface area contributed by atoms with Gasteiger partial charge < -0.3 is 63.9 Å². The lowest BCUT2D eigenvalue weighted by molar-refractivity contribution is -0.302. The molecule has 20 nitrogen and oxygen atoms in total. The van der Waals surface area contributed by atoms with Gasteiger partial charge in [0.05, 0.1) is 68.6 Å². The fourth-order valence-electron chi connectivity index (χ4n) is 12.4. The van der Waals surface area contributed by atoms with E-state index >= 15 is 0 Å². The van der Waals surface area contributed by atoms with Crippen molar-refractivity contribution in [3.8, 4) is 0 Å². The number of carbonyl (C=O) groups is 4. The summed E-state index contributed by atoms with van der Waals surface area (Å²) >= 11 is 14.0. The molecule has 0 radical (unpaired) electrons. The summed E-state index contributed by atoms with van der Waals surface area (Å²) in [5.41, 5.74) is 3.82. The van der Waals surface area contributed by atoms with Crippen LogP contribution in [0.4, 0.5) is 11.5 Å². The predicted octanol–water partition coefficient (Wildman–Crippen LogP) is 7.11. The molecule has 5 N–H and O–H groups in total. The number of anilines is 2. The van der Waals surface area contributed by atoms with Gasteiger partial charge in [0, 0.05) is 81.7 Å². The molecule has 3 aromatic rings. The highest BCUT2D eigenvalue weighted by atomic mass is 35.5. The van der Waals surface area contributed by atoms with Crippen LogP contribution >= 0.6 is 35.0 Å². The molecule has 2 unspecified atom stereocenters. The second-order valence-electron chi connectivity index (χ2n) is 22.6. The Balaban J connectivity index is 1.14. The number of nitrogen functional groups attached to an aromatic ring is 1. The van der Waals surface area contributed by atoms with Crippen molar-refractivity contribution in [1.82, 2.24) is 24.4 Å². The van der Waals surface area contributed by atoms with Crippen molar-refractivity contribution in [2.75, 3.05) is 45.1 Å². The number of nitrogens with two attached hydrogens (primary N) is 1. The quantitative estimate of drug-likeness (QED) is 0.111. The number of aliphatic hydroxyl groups is 2. The lowest BCUT2D eigenvalue weighted by Crippen LogP contribution is -2.58. The highest BCUT2D eigenvalue weighted by molar-refractivity contribution is 8.00. The van der Waals surface area contributed by atoms with Gasteiger partial charge in [0.1, 0.15) is 28.8 Å². The average Bonchev–Trinajstić information content (AvgIpc) is 3.98. The van der Waals surface area contributed by atoms with E-state index in [9.17, 15) is 29.4 Å². The molecule has 23 heteroatoms. The number of imidazole rings is 1. The Labute approximate surface area is 465 Å². The Kier molecular flexibility index (Phi) is 19.7. The van der Waals surface area contributed by atoms with Crippen molar-refractivity contribution in [3.63, 3.8) is 0 Å². The van der Waals surface area contributed by atoms with E-state index < -0.39 is 101 Å². The Morgan fingerprint density at radius 2 is 1.65 bits per heavy atom. The molecule has 17 atom stereocenters. The van der Waals surface area contributed by atoms with Crippen LogP contribution in [-0.2, 0) is 54.1 Å². The SMILES string of the molecule is CC[C@H]1OC(=O)C(C)[C@@H](O[C@H]2C[C@@](C)(OC)[C@@H](O)[C@H](CC[C@@H]3C[C@H](N(C)C)C[C@H](O)O3)O2)[C@H](C)C[C@](C)(OC)C[C@@H](C)C(=O)[C@H](C)[C@H]2C(SCCn3cnc4c(N)ncc(C(=O)Nc5c(Cl)cncc5Cl)c43)C(=O)O[C@@]21C. The van der Waals surface area contributed by atoms with E-state index in [2.05, 4.69) is 25.2 Å². The summed E-state index contributed by atoms with van der Waals surface area (Å²) < 4.78 is 46.4. The van der Waals surface area contributed by atoms with E-state index in [1.54, 1.807) is 25.5 Å². The molecule has 7 rings (SSSR count). The number of nitrogens with one attached hydrogen (secondary N) is 1. The van der Waals surface area contributed by atoms with E-state index in [1.165, 1.54) is 43.8 Å². The van der Waals surface area contributed by atoms with Gasteiger partial charge in [-0.25, -0.2) is 9.97 Å². The number of hydrogen-bond acceptors (Lipinski definition) is 19. The largest absolute Gasteiger partial charge is 0.458 e. The molecular formula is C54H79Cl2N7O13S. The molecule has 428 valence electrons. The molecule has 0 bridgehead atoms. The van der Waals surface area contributed by atoms with Gasteiger partial charge in [0.2, 0.25) is 0 Å². The Bertz CT molecular complexity index is 2580. The van der Waals surface area contributed by atoms with Gasteiger partial charge >= 0.3 is 11.9 Å². The summed E-state index contributed by atoms with van der Waals surface area (Å²) in [4.78, 5) is 72.7. The van der Waals surface area contributed by atoms with Crippen molar-refractivity contribution in [1.29, 1.82) is 0 Å². The number of methoxy groups -OCH3 is 2. The van der Waals surface area contributed by atoms with Gasteiger partial charge in [0.15, 0.2) is 24.0 Å². The Morgan fingerprint density at radius 3 is 2.30 bits per heavy atom. The highest BCUT2D eigenvalue weighted by Gasteiger charge is 2.61. The fourth-order valence-corrected chi connectivity index (χ4v) is 14.3. The standard InChI is InChI=1S/C54H79Cl2N7O13S/c1-13-37-54(8)40(46(51(69)76-54)77-17-16-63-26-60-42-43(63)33(23-59-48(42)57)49(67)61-41-34(55)24-58-25-35(41)56)29(4)44(65)27(2)20-52(6,70-11)21-28(3)45(30(5)50(68)74-37)75-39-22-53(7,71-12)47(66)36(73-39)15-14-32-18-31(62(9)10)19-38(64)72-32/h23-32,36-40,45-47,64,66H,13-22H2,1-12H3,(H2,57,59)(H,58,61,67)/t27-,28-,29-,30?,31+,32-,36+,37-,38-,39+,40+,45+,46?,47+,52-,53-,54-/m1/s1. The second kappa shape index (κ2) is 25.0. The number of carbonyl (C=O) groups excluding carboxylic acids is 4. The molecule has 3 aromatic heterocycles. The van der Waals surface area contributed by atoms with E-state index in [0.717, 1.165) is 0 Å². The van der Waals surface area contributed by atoms with Crippen LogP contribution in [0.2, 0.25) is 10.0 Å². The van der Waals surface area contributed by atoms with Gasteiger partial charge in [-0.1, -0.05) is 50.9 Å². The average molecular weight is 1140 g/mol. The molecule has 1 amide bonds. The maximum Gasteiger partial charge on any atom is 0.320 e. The summed E-state index contributed by atoms with van der Waals surface area (Å²) in [5.74, 6) is -4.72. The van der Waals surface area contributed by atoms with Crippen LogP contribution in [0.5, 0.6) is 0 Å². The maximum absolute atomic E-state index is 14.9. The third kappa shape index (κ3) is 13.1. The smallest absolute Gasteiger partial charge is 0.320 e. The van der Waals surface area contributed by atoms with Crippen molar-refractivity contribution in [3.05, 3.63) is 40.5 Å². The number of thioether (sulfide) groups is 1. The maximum atomic E-state index is 14.9. The minimum absolute atomic E-state index is 0.0986. The number of aliphatic hydroxyl groups excluding tert-OH is 2. The number of fused-ring (bicyclic) bond motifs is 2. The van der Waals surface area contributed by atoms with Crippen molar-refractivity contribution in [2.24, 2.45) is 29.6 Å². The molecule has 7 heterocycles. The van der Waals surface area contributed by atoms with Crippen molar-refractivity contribution >= 4 is 81.1 Å². The van der Waals surface area contributed by atoms with E-state index in [1.807, 2.05) is 55.6 Å². The zero-order valence-electron chi connectivity index (χ0n) is 46.3. The number of amides is 1. The normalized spacial score (nSPS) is 36.6. The van der Waals surface area contributed by atoms with Gasteiger partial charge in [-0.2, -0.15) is 0 Å². The van der Waals surface area contributed by atoms with Crippen LogP contribution in [0.25, 0.3) is 11.0 Å². The summed E-state index contributed by atoms with van der Waals surface area (Å²) in [6, 6.07) is 0.127. The summed E-state index contributed by atoms with van der Waals surface area (Å²) in [6.45, 7) is 15.0. The number of halogens is 2. The van der Waals surface area contributed by atoms with Crippen LogP contribution in [0.15, 0.2) is 24.9 Å². The van der Waals surface area contributed by atoms with Crippen molar-refractivity contribution < 1.29 is 62.5 Å². The van der Waals surface area contributed by atoms with Crippen molar-refractivity contribution in [2.45, 2.75) is 184 Å². The number of ether oxygens (including phenoxy) is 7. The number of cyclic esters (lactones) is 1. The molecule has 0 aliphatic carbocycles. The van der Waals surface area contributed by atoms with E-state index in [0.29, 0.717) is 49.8 Å². The number of pyridine rings is 2. The number of esters is 2. The molecule has 4 aliphatic rings. The lowest BCUT2D eigenvalue weighted by Gasteiger charge is -2.47. The second-order valence-corrected chi connectivity index (χ2v) is 24.6. The molecule has 4 fully saturated rings. The molecule has 0 aromatic carbocycles. The third-order valence-corrected chi connectivity index (χ3v) is 18.7. The first-order valence-electron chi connectivity index (χ1n) is 26.7. The minimum Gasteiger partial charge on any atom is -0.458 e. The van der Waals surface area contributed by atoms with Gasteiger partial charge in [-0.05, 0) is 86.2 Å². The number of aryl methyl sites for hydroxylation is 1. The van der Waals surface area contributed by atoms with E-state index in [-0.39, 0.29) is 75.9 Å². The van der Waals surface area contributed by atoms with Gasteiger partial charge in [-0.3, -0.25) is 24.2 Å². The number of ketones is 1. The molecule has 0 spiro atoms. The van der Waals surface area contributed by atoms with Gasteiger partial charge in [-0.15, -0.1) is 11.8 Å². The first-order valence-corrected chi connectivity index (χ1v) is 28.5. The predicted molar refractivity (Wildman–Crippen MR) is 291 cm³/mol. The summed E-state index contributed by atoms with van der Waals surface area (Å²) in [5, 5.41) is 24.4. The van der Waals surface area contributed by atoms with Crippen LogP contribution in [0.1, 0.15) is 117 Å². The van der Waals surface area contributed by atoms with Crippen LogP contribution in [-0.4, -0.2) is 164 Å². The first kappa shape index (κ1) is 60.9. The topological polar surface area (TPSA) is 258 Å². The molecule has 4 saturated heterocycles. The number of aromatic nitrogens is 4. The molecule has 4 aliphatic heterocycles. The Morgan fingerprint density at radius 1 is 0.948 bits per heavy atom. The monoisotopic (exact) mass is 1140 g/mol. The summed E-state index contributed by atoms with van der Waals surface area (Å²) in [7, 11) is 7.09. The summed E-state index contributed by atoms with van der Waals surface area (Å²) in [6.07, 6.45) is 3.08. The number of hydrogen-bond donors (Lipinski definition) is 4. The molecule has 77 heavy (non-hydrogen) atoms. The van der Waals surface area contributed by atoms with Crippen LogP contribution in [0, 0.1) is 29.6 Å². The highest BCUT2D eigenvalue weighted by Crippen LogP contribution is 2.49. The van der Waals surface area contributed by atoms with Crippen LogP contribution < -0.4 is 11.1 Å². The minimum atomic E-state index is -1.45. The first-order chi connectivity index (χ1) is 36.3. The molecular weight excluding hydrogens is 1060 g/mol. The Hall–Kier alpha value is -3.74. The van der Waals surface area contributed by atoms with Gasteiger partial charge in [0.25, 0.3) is 5.91 Å². The zero-order valence-corrected chi connectivity index (χ0v) is 48.7.